The van der Waals surface area contributed by atoms with E-state index >= 15 is 0 Å². The molecule has 5 nitrogen and oxygen atoms in total. The highest BCUT2D eigenvalue weighted by atomic mass is 16.5. The Hall–Kier alpha value is -1.75. The highest BCUT2D eigenvalue weighted by Crippen LogP contribution is 2.31. The van der Waals surface area contributed by atoms with Gasteiger partial charge in [-0.2, -0.15) is 0 Å². The average Bonchev–Trinajstić information content (AvgIpc) is 2.46. The molecule has 2 heterocycles. The van der Waals surface area contributed by atoms with Gasteiger partial charge >= 0.3 is 0 Å². The van der Waals surface area contributed by atoms with Crippen LogP contribution in [0.25, 0.3) is 0 Å². The lowest BCUT2D eigenvalue weighted by molar-refractivity contribution is -0.116. The van der Waals surface area contributed by atoms with Crippen molar-refractivity contribution in [1.29, 1.82) is 0 Å². The SMILES string of the molecule is Nc1cc2c(cc1NCC1CCCOC1)NC(=O)CC2. The molecule has 0 radical (unpaired) electrons. The Balaban J connectivity index is 1.69. The maximum absolute atomic E-state index is 11.4. The molecule has 1 amide bonds. The predicted octanol–water partition coefficient (Wildman–Crippen LogP) is 1.99. The Labute approximate surface area is 118 Å². The summed E-state index contributed by atoms with van der Waals surface area (Å²) in [5, 5.41) is 6.30. The van der Waals surface area contributed by atoms with Crippen LogP contribution in [0.3, 0.4) is 0 Å². The van der Waals surface area contributed by atoms with Crippen LogP contribution in [0.5, 0.6) is 0 Å². The molecule has 1 aromatic carbocycles. The molecule has 1 atom stereocenters. The van der Waals surface area contributed by atoms with Crippen LogP contribution in [0.4, 0.5) is 17.1 Å². The van der Waals surface area contributed by atoms with Gasteiger partial charge in [0, 0.05) is 25.3 Å². The lowest BCUT2D eigenvalue weighted by atomic mass is 10.00. The Bertz CT molecular complexity index is 510. The van der Waals surface area contributed by atoms with E-state index in [1.54, 1.807) is 0 Å². The molecule has 0 spiro atoms. The molecule has 3 rings (SSSR count). The first-order chi connectivity index (χ1) is 9.72. The van der Waals surface area contributed by atoms with Crippen molar-refractivity contribution < 1.29 is 9.53 Å². The first kappa shape index (κ1) is 13.2. The number of benzene rings is 1. The smallest absolute Gasteiger partial charge is 0.224 e. The third-order valence-corrected chi connectivity index (χ3v) is 4.01. The standard InChI is InChI=1S/C15H21N3O2/c16-12-6-11-3-4-15(19)18-13(11)7-14(12)17-8-10-2-1-5-20-9-10/h6-7,10,17H,1-5,8-9,16H2,(H,18,19). The fourth-order valence-electron chi connectivity index (χ4n) is 2.82. The summed E-state index contributed by atoms with van der Waals surface area (Å²) < 4.78 is 5.48. The second-order valence-corrected chi connectivity index (χ2v) is 5.61. The number of carbonyl (C=O) groups is 1. The molecule has 20 heavy (non-hydrogen) atoms. The molecule has 1 unspecified atom stereocenters. The van der Waals surface area contributed by atoms with Crippen molar-refractivity contribution in [2.75, 3.05) is 36.1 Å². The molecule has 0 bridgehead atoms. The van der Waals surface area contributed by atoms with Gasteiger partial charge in [-0.1, -0.05) is 0 Å². The number of aryl methyl sites for hydroxylation is 1. The van der Waals surface area contributed by atoms with Crippen molar-refractivity contribution >= 4 is 23.0 Å². The molecule has 4 N–H and O–H groups in total. The zero-order valence-corrected chi connectivity index (χ0v) is 11.6. The van der Waals surface area contributed by atoms with Gasteiger partial charge in [-0.05, 0) is 42.9 Å². The van der Waals surface area contributed by atoms with Gasteiger partial charge in [-0.15, -0.1) is 0 Å². The summed E-state index contributed by atoms with van der Waals surface area (Å²) in [5.74, 6) is 0.614. The average molecular weight is 275 g/mol. The Morgan fingerprint density at radius 2 is 2.30 bits per heavy atom. The lowest BCUT2D eigenvalue weighted by Gasteiger charge is -2.24. The minimum atomic E-state index is 0.0777. The zero-order valence-electron chi connectivity index (χ0n) is 11.6. The van der Waals surface area contributed by atoms with E-state index < -0.39 is 0 Å². The first-order valence-electron chi connectivity index (χ1n) is 7.26. The number of amides is 1. The van der Waals surface area contributed by atoms with E-state index in [-0.39, 0.29) is 5.91 Å². The van der Waals surface area contributed by atoms with Crippen LogP contribution >= 0.6 is 0 Å². The maximum Gasteiger partial charge on any atom is 0.224 e. The zero-order chi connectivity index (χ0) is 13.9. The monoisotopic (exact) mass is 275 g/mol. The van der Waals surface area contributed by atoms with E-state index in [1.165, 1.54) is 6.42 Å². The van der Waals surface area contributed by atoms with Crippen LogP contribution in [0.1, 0.15) is 24.8 Å². The Morgan fingerprint density at radius 3 is 3.10 bits per heavy atom. The topological polar surface area (TPSA) is 76.4 Å². The van der Waals surface area contributed by atoms with Gasteiger partial charge in [-0.3, -0.25) is 4.79 Å². The Morgan fingerprint density at radius 1 is 1.40 bits per heavy atom. The third kappa shape index (κ3) is 2.88. The van der Waals surface area contributed by atoms with E-state index in [1.807, 2.05) is 12.1 Å². The van der Waals surface area contributed by atoms with Crippen LogP contribution in [-0.2, 0) is 16.0 Å². The Kier molecular flexibility index (Phi) is 3.78. The third-order valence-electron chi connectivity index (χ3n) is 4.01. The second kappa shape index (κ2) is 5.71. The normalized spacial score (nSPS) is 22.0. The highest BCUT2D eigenvalue weighted by molar-refractivity contribution is 5.95. The summed E-state index contributed by atoms with van der Waals surface area (Å²) >= 11 is 0. The van der Waals surface area contributed by atoms with Crippen molar-refractivity contribution in [3.63, 3.8) is 0 Å². The molecule has 2 aliphatic rings. The molecule has 0 saturated carbocycles. The lowest BCUT2D eigenvalue weighted by Crippen LogP contribution is -2.25. The summed E-state index contributed by atoms with van der Waals surface area (Å²) in [6.07, 6.45) is 3.62. The summed E-state index contributed by atoms with van der Waals surface area (Å²) in [7, 11) is 0. The molecule has 108 valence electrons. The van der Waals surface area contributed by atoms with Gasteiger partial charge in [0.05, 0.1) is 18.0 Å². The fourth-order valence-corrected chi connectivity index (χ4v) is 2.82. The number of nitrogen functional groups attached to an aromatic ring is 1. The van der Waals surface area contributed by atoms with Gasteiger partial charge in [-0.25, -0.2) is 0 Å². The number of nitrogens with two attached hydrogens (primary N) is 1. The van der Waals surface area contributed by atoms with Crippen molar-refractivity contribution in [2.24, 2.45) is 5.92 Å². The fraction of sp³-hybridized carbons (Fsp3) is 0.533. The van der Waals surface area contributed by atoms with Crippen LogP contribution in [0.15, 0.2) is 12.1 Å². The number of hydrogen-bond donors (Lipinski definition) is 3. The van der Waals surface area contributed by atoms with E-state index in [0.29, 0.717) is 12.3 Å². The summed E-state index contributed by atoms with van der Waals surface area (Å²) in [6, 6.07) is 3.92. The molecule has 1 aromatic rings. The number of nitrogens with one attached hydrogen (secondary N) is 2. The second-order valence-electron chi connectivity index (χ2n) is 5.61. The van der Waals surface area contributed by atoms with Gasteiger partial charge in [0.25, 0.3) is 0 Å². The summed E-state index contributed by atoms with van der Waals surface area (Å²) in [5.41, 5.74) is 9.74. The molecule has 2 aliphatic heterocycles. The number of ether oxygens (including phenoxy) is 1. The summed E-state index contributed by atoms with van der Waals surface area (Å²) in [4.78, 5) is 11.4. The molecule has 0 aromatic heterocycles. The highest BCUT2D eigenvalue weighted by Gasteiger charge is 2.18. The van der Waals surface area contributed by atoms with Crippen molar-refractivity contribution in [2.45, 2.75) is 25.7 Å². The predicted molar refractivity (Wildman–Crippen MR) is 79.8 cm³/mol. The van der Waals surface area contributed by atoms with Crippen LogP contribution < -0.4 is 16.4 Å². The van der Waals surface area contributed by atoms with Crippen molar-refractivity contribution in [1.82, 2.24) is 0 Å². The van der Waals surface area contributed by atoms with E-state index in [2.05, 4.69) is 10.6 Å². The number of fused-ring (bicyclic) bond motifs is 1. The minimum absolute atomic E-state index is 0.0777. The summed E-state index contributed by atoms with van der Waals surface area (Å²) in [6.45, 7) is 2.55. The van der Waals surface area contributed by atoms with E-state index in [0.717, 1.165) is 55.2 Å². The van der Waals surface area contributed by atoms with Crippen LogP contribution in [0, 0.1) is 5.92 Å². The van der Waals surface area contributed by atoms with E-state index in [4.69, 9.17) is 10.5 Å². The van der Waals surface area contributed by atoms with Gasteiger partial charge in [0.2, 0.25) is 5.91 Å². The first-order valence-corrected chi connectivity index (χ1v) is 7.26. The quantitative estimate of drug-likeness (QED) is 0.737. The van der Waals surface area contributed by atoms with Crippen molar-refractivity contribution in [3.05, 3.63) is 17.7 Å². The molecule has 1 fully saturated rings. The number of carbonyl (C=O) groups excluding carboxylic acids is 1. The van der Waals surface area contributed by atoms with Gasteiger partial charge in [0.15, 0.2) is 0 Å². The largest absolute Gasteiger partial charge is 0.397 e. The minimum Gasteiger partial charge on any atom is -0.397 e. The number of hydrogen-bond acceptors (Lipinski definition) is 4. The molecular formula is C15H21N3O2. The number of rotatable bonds is 3. The van der Waals surface area contributed by atoms with Crippen LogP contribution in [-0.4, -0.2) is 25.7 Å². The molecule has 0 aliphatic carbocycles. The maximum atomic E-state index is 11.4. The number of anilines is 3. The molecule has 5 heteroatoms. The van der Waals surface area contributed by atoms with Gasteiger partial charge < -0.3 is 21.1 Å². The van der Waals surface area contributed by atoms with Gasteiger partial charge in [0.1, 0.15) is 0 Å². The van der Waals surface area contributed by atoms with Crippen LogP contribution in [0.2, 0.25) is 0 Å². The molecule has 1 saturated heterocycles. The van der Waals surface area contributed by atoms with Crippen molar-refractivity contribution in [3.8, 4) is 0 Å². The molecular weight excluding hydrogens is 254 g/mol. The van der Waals surface area contributed by atoms with E-state index in [9.17, 15) is 4.79 Å².